The van der Waals surface area contributed by atoms with Gasteiger partial charge in [0, 0.05) is 17.0 Å². The molecule has 0 radical (unpaired) electrons. The van der Waals surface area contributed by atoms with Gasteiger partial charge in [0.2, 0.25) is 0 Å². The third kappa shape index (κ3) is 1.91. The highest BCUT2D eigenvalue weighted by atomic mass is 19.3. The van der Waals surface area contributed by atoms with Crippen LogP contribution in [0.1, 0.15) is 12.0 Å². The van der Waals surface area contributed by atoms with E-state index in [2.05, 4.69) is 0 Å². The summed E-state index contributed by atoms with van der Waals surface area (Å²) in [5, 5.41) is 0. The fourth-order valence-corrected chi connectivity index (χ4v) is 1.69. The zero-order chi connectivity index (χ0) is 11.8. The first-order valence-electron chi connectivity index (χ1n) is 4.89. The predicted octanol–water partition coefficient (Wildman–Crippen LogP) is 2.53. The monoisotopic (exact) mass is 222 g/mol. The first-order valence-corrected chi connectivity index (χ1v) is 4.89. The van der Waals surface area contributed by atoms with Gasteiger partial charge in [0.1, 0.15) is 0 Å². The number of nitrogen functional groups attached to an aromatic ring is 1. The van der Waals surface area contributed by atoms with Gasteiger partial charge in [0.25, 0.3) is 5.92 Å². The van der Waals surface area contributed by atoms with Gasteiger partial charge >= 0.3 is 0 Å². The highest BCUT2D eigenvalue weighted by Crippen LogP contribution is 2.39. The molecule has 0 aliphatic heterocycles. The van der Waals surface area contributed by atoms with Gasteiger partial charge in [-0.2, -0.15) is 0 Å². The highest BCUT2D eigenvalue weighted by Gasteiger charge is 2.37. The summed E-state index contributed by atoms with van der Waals surface area (Å²) < 4.78 is 27.4. The van der Waals surface area contributed by atoms with Gasteiger partial charge in [0.05, 0.1) is 6.42 Å². The SMILES string of the molecule is NC1=CC=C(c2ccc(N)cc2)C(F)(F)C1. The minimum atomic E-state index is -2.91. The summed E-state index contributed by atoms with van der Waals surface area (Å²) in [7, 11) is 0. The van der Waals surface area contributed by atoms with E-state index >= 15 is 0 Å². The molecule has 2 rings (SSSR count). The molecule has 4 heteroatoms. The van der Waals surface area contributed by atoms with Crippen LogP contribution >= 0.6 is 0 Å². The first-order chi connectivity index (χ1) is 7.49. The normalized spacial score (nSPS) is 18.9. The van der Waals surface area contributed by atoms with Gasteiger partial charge in [0.15, 0.2) is 0 Å². The van der Waals surface area contributed by atoms with Crippen LogP contribution in [0.2, 0.25) is 0 Å². The second-order valence-electron chi connectivity index (χ2n) is 3.83. The van der Waals surface area contributed by atoms with E-state index < -0.39 is 12.3 Å². The number of nitrogens with two attached hydrogens (primary N) is 2. The molecule has 0 spiro atoms. The van der Waals surface area contributed by atoms with Gasteiger partial charge in [-0.25, -0.2) is 8.78 Å². The van der Waals surface area contributed by atoms with Crippen molar-refractivity contribution in [3.63, 3.8) is 0 Å². The third-order valence-corrected chi connectivity index (χ3v) is 2.51. The number of benzene rings is 1. The standard InChI is InChI=1S/C12H12F2N2/c13-12(14)7-10(16)5-6-11(12)8-1-3-9(15)4-2-8/h1-6H,7,15-16H2. The molecule has 4 N–H and O–H groups in total. The highest BCUT2D eigenvalue weighted by molar-refractivity contribution is 5.74. The van der Waals surface area contributed by atoms with E-state index in [1.165, 1.54) is 12.2 Å². The Balaban J connectivity index is 2.43. The zero-order valence-corrected chi connectivity index (χ0v) is 8.58. The number of hydrogen-bond acceptors (Lipinski definition) is 2. The van der Waals surface area contributed by atoms with E-state index in [0.717, 1.165) is 0 Å². The quantitative estimate of drug-likeness (QED) is 0.717. The molecule has 16 heavy (non-hydrogen) atoms. The number of halogens is 2. The van der Waals surface area contributed by atoms with E-state index in [1.807, 2.05) is 0 Å². The van der Waals surface area contributed by atoms with Gasteiger partial charge in [-0.15, -0.1) is 0 Å². The van der Waals surface area contributed by atoms with Gasteiger partial charge < -0.3 is 11.5 Å². The summed E-state index contributed by atoms with van der Waals surface area (Å²) in [6.45, 7) is 0. The van der Waals surface area contributed by atoms with Crippen LogP contribution in [0.5, 0.6) is 0 Å². The van der Waals surface area contributed by atoms with Crippen molar-refractivity contribution in [1.82, 2.24) is 0 Å². The summed E-state index contributed by atoms with van der Waals surface area (Å²) in [4.78, 5) is 0. The van der Waals surface area contributed by atoms with Crippen LogP contribution in [0, 0.1) is 0 Å². The average Bonchev–Trinajstić information content (AvgIpc) is 2.18. The van der Waals surface area contributed by atoms with Gasteiger partial charge in [-0.1, -0.05) is 18.2 Å². The fraction of sp³-hybridized carbons (Fsp3) is 0.167. The van der Waals surface area contributed by atoms with Crippen LogP contribution in [0.3, 0.4) is 0 Å². The second-order valence-corrected chi connectivity index (χ2v) is 3.83. The number of rotatable bonds is 1. The van der Waals surface area contributed by atoms with E-state index in [4.69, 9.17) is 11.5 Å². The third-order valence-electron chi connectivity index (χ3n) is 2.51. The molecule has 0 bridgehead atoms. The van der Waals surface area contributed by atoms with Crippen LogP contribution in [0.15, 0.2) is 42.1 Å². The molecular weight excluding hydrogens is 210 g/mol. The van der Waals surface area contributed by atoms with Crippen molar-refractivity contribution in [2.45, 2.75) is 12.3 Å². The molecule has 1 aromatic rings. The van der Waals surface area contributed by atoms with Crippen molar-refractivity contribution >= 4 is 11.3 Å². The number of alkyl halides is 2. The number of anilines is 1. The molecule has 1 aliphatic rings. The summed E-state index contributed by atoms with van der Waals surface area (Å²) in [6, 6.07) is 6.39. The largest absolute Gasteiger partial charge is 0.402 e. The zero-order valence-electron chi connectivity index (χ0n) is 8.58. The van der Waals surface area contributed by atoms with Crippen molar-refractivity contribution in [1.29, 1.82) is 0 Å². The lowest BCUT2D eigenvalue weighted by Gasteiger charge is -2.23. The average molecular weight is 222 g/mol. The Hall–Kier alpha value is -1.84. The Labute approximate surface area is 92.2 Å². The molecule has 0 aromatic heterocycles. The predicted molar refractivity (Wildman–Crippen MR) is 60.7 cm³/mol. The maximum atomic E-state index is 13.7. The van der Waals surface area contributed by atoms with Gasteiger partial charge in [-0.05, 0) is 23.8 Å². The fourth-order valence-electron chi connectivity index (χ4n) is 1.69. The Morgan fingerprint density at radius 1 is 1.00 bits per heavy atom. The lowest BCUT2D eigenvalue weighted by Crippen LogP contribution is -2.24. The Morgan fingerprint density at radius 2 is 1.62 bits per heavy atom. The topological polar surface area (TPSA) is 52.0 Å². The van der Waals surface area contributed by atoms with Crippen LogP contribution in [0.4, 0.5) is 14.5 Å². The van der Waals surface area contributed by atoms with E-state index in [-0.39, 0.29) is 11.3 Å². The first kappa shape index (κ1) is 10.7. The van der Waals surface area contributed by atoms with Crippen molar-refractivity contribution in [3.05, 3.63) is 47.7 Å². The van der Waals surface area contributed by atoms with Crippen molar-refractivity contribution < 1.29 is 8.78 Å². The molecule has 84 valence electrons. The Kier molecular flexibility index (Phi) is 2.42. The molecule has 0 atom stereocenters. The lowest BCUT2D eigenvalue weighted by molar-refractivity contribution is 0.0658. The van der Waals surface area contributed by atoms with E-state index in [1.54, 1.807) is 24.3 Å². The molecular formula is C12H12F2N2. The Bertz CT molecular complexity index is 458. The molecule has 0 saturated heterocycles. The maximum absolute atomic E-state index is 13.7. The molecule has 0 fully saturated rings. The van der Waals surface area contributed by atoms with Crippen LogP contribution in [-0.2, 0) is 0 Å². The molecule has 2 nitrogen and oxygen atoms in total. The maximum Gasteiger partial charge on any atom is 0.279 e. The molecule has 1 aromatic carbocycles. The summed E-state index contributed by atoms with van der Waals surface area (Å²) in [6.07, 6.45) is 2.46. The molecule has 0 heterocycles. The van der Waals surface area contributed by atoms with E-state index in [9.17, 15) is 8.78 Å². The molecule has 0 unspecified atom stereocenters. The van der Waals surface area contributed by atoms with E-state index in [0.29, 0.717) is 11.3 Å². The lowest BCUT2D eigenvalue weighted by atomic mass is 9.92. The Morgan fingerprint density at radius 3 is 2.19 bits per heavy atom. The smallest absolute Gasteiger partial charge is 0.279 e. The van der Waals surface area contributed by atoms with Crippen LogP contribution < -0.4 is 11.5 Å². The summed E-state index contributed by atoms with van der Waals surface area (Å²) in [5.74, 6) is -2.91. The second kappa shape index (κ2) is 3.63. The number of hydrogen-bond donors (Lipinski definition) is 2. The van der Waals surface area contributed by atoms with Gasteiger partial charge in [-0.3, -0.25) is 0 Å². The summed E-state index contributed by atoms with van der Waals surface area (Å²) in [5.41, 5.74) is 12.1. The van der Waals surface area contributed by atoms with Crippen molar-refractivity contribution in [3.8, 4) is 0 Å². The molecule has 0 amide bonds. The minimum Gasteiger partial charge on any atom is -0.402 e. The van der Waals surface area contributed by atoms with Crippen LogP contribution in [-0.4, -0.2) is 5.92 Å². The van der Waals surface area contributed by atoms with Crippen LogP contribution in [0.25, 0.3) is 5.57 Å². The number of allylic oxidation sites excluding steroid dienone is 4. The van der Waals surface area contributed by atoms with Crippen molar-refractivity contribution in [2.75, 3.05) is 5.73 Å². The molecule has 1 aliphatic carbocycles. The summed E-state index contributed by atoms with van der Waals surface area (Å²) >= 11 is 0. The molecule has 0 saturated carbocycles. The minimum absolute atomic E-state index is 0.0123. The van der Waals surface area contributed by atoms with Crippen molar-refractivity contribution in [2.24, 2.45) is 5.73 Å².